The monoisotopic (exact) mass is 571 g/mol. The first-order valence-electron chi connectivity index (χ1n) is 11.6. The van der Waals surface area contributed by atoms with Gasteiger partial charge in [-0.1, -0.05) is 51.8 Å². The lowest BCUT2D eigenvalue weighted by Crippen LogP contribution is -2.52. The van der Waals surface area contributed by atoms with Crippen LogP contribution in [0.15, 0.2) is 82.3 Å². The predicted octanol–water partition coefficient (Wildman–Crippen LogP) is 4.44. The van der Waals surface area contributed by atoms with Gasteiger partial charge < -0.3 is 14.6 Å². The first-order valence-corrected chi connectivity index (χ1v) is 12.7. The van der Waals surface area contributed by atoms with Crippen LogP contribution in [0, 0.1) is 0 Å². The molecular formula is C27H27BrClN3O4. The number of halogens is 2. The highest BCUT2D eigenvalue weighted by Crippen LogP contribution is 2.28. The second kappa shape index (κ2) is 12.4. The molecule has 0 fully saturated rings. The van der Waals surface area contributed by atoms with Crippen molar-refractivity contribution in [3.8, 4) is 5.75 Å². The predicted molar refractivity (Wildman–Crippen MR) is 143 cm³/mol. The number of aliphatic hydroxyl groups is 1. The lowest BCUT2D eigenvalue weighted by molar-refractivity contribution is -0.127. The van der Waals surface area contributed by atoms with Gasteiger partial charge in [0.05, 0.1) is 6.61 Å². The smallest absolute Gasteiger partial charge is 0.266 e. The van der Waals surface area contributed by atoms with Crippen molar-refractivity contribution in [1.82, 2.24) is 10.9 Å². The summed E-state index contributed by atoms with van der Waals surface area (Å²) in [6.07, 6.45) is 0.942. The molecule has 9 heteroatoms. The fourth-order valence-electron chi connectivity index (χ4n) is 3.72. The normalized spacial score (nSPS) is 16.8. The quantitative estimate of drug-likeness (QED) is 0.233. The van der Waals surface area contributed by atoms with Gasteiger partial charge in [-0.2, -0.15) is 0 Å². The molecule has 1 aliphatic rings. The molecule has 1 amide bonds. The highest BCUT2D eigenvalue weighted by molar-refractivity contribution is 9.10. The number of aliphatic imine (C=N–C) groups is 1. The van der Waals surface area contributed by atoms with Crippen LogP contribution in [0.25, 0.3) is 0 Å². The van der Waals surface area contributed by atoms with E-state index in [0.29, 0.717) is 42.7 Å². The average Bonchev–Trinajstić information content (AvgIpc) is 3.32. The summed E-state index contributed by atoms with van der Waals surface area (Å²) in [4.78, 5) is 18.2. The molecule has 1 atom stereocenters. The summed E-state index contributed by atoms with van der Waals surface area (Å²) in [5.41, 5.74) is 7.37. The van der Waals surface area contributed by atoms with Crippen molar-refractivity contribution in [2.45, 2.75) is 24.9 Å². The van der Waals surface area contributed by atoms with Gasteiger partial charge in [-0.15, -0.1) is 0 Å². The molecule has 3 aromatic rings. The Labute approximate surface area is 223 Å². The number of nitrogens with zero attached hydrogens (tertiary/aromatic N) is 1. The Morgan fingerprint density at radius 3 is 2.44 bits per heavy atom. The fraction of sp³-hybridized carbons (Fsp3) is 0.259. The molecule has 3 aromatic carbocycles. The zero-order valence-electron chi connectivity index (χ0n) is 19.5. The van der Waals surface area contributed by atoms with Crippen LogP contribution in [0.2, 0.25) is 5.02 Å². The molecule has 36 heavy (non-hydrogen) atoms. The molecule has 188 valence electrons. The number of carbonyl (C=O) groups excluding carboxylic acids is 1. The van der Waals surface area contributed by atoms with Crippen LogP contribution >= 0.6 is 27.5 Å². The first kappa shape index (κ1) is 26.2. The number of amides is 1. The maximum absolute atomic E-state index is 13.4. The summed E-state index contributed by atoms with van der Waals surface area (Å²) in [7, 11) is 0. The van der Waals surface area contributed by atoms with Gasteiger partial charge in [0.15, 0.2) is 5.54 Å². The van der Waals surface area contributed by atoms with E-state index in [-0.39, 0.29) is 19.1 Å². The Kier molecular flexibility index (Phi) is 8.98. The minimum atomic E-state index is -1.13. The number of ether oxygens (including phenoxy) is 2. The summed E-state index contributed by atoms with van der Waals surface area (Å²) in [6.45, 7) is 1.07. The number of hydrogen-bond acceptors (Lipinski definition) is 6. The molecule has 0 spiro atoms. The molecule has 7 nitrogen and oxygen atoms in total. The minimum absolute atomic E-state index is 0.0831. The van der Waals surface area contributed by atoms with Crippen molar-refractivity contribution < 1.29 is 19.4 Å². The van der Waals surface area contributed by atoms with Gasteiger partial charge in [0.1, 0.15) is 12.4 Å². The highest BCUT2D eigenvalue weighted by Gasteiger charge is 2.44. The van der Waals surface area contributed by atoms with Gasteiger partial charge >= 0.3 is 0 Å². The third-order valence-electron chi connectivity index (χ3n) is 5.68. The van der Waals surface area contributed by atoms with Gasteiger partial charge in [0.25, 0.3) is 5.91 Å². The van der Waals surface area contributed by atoms with E-state index in [2.05, 4.69) is 26.8 Å². The number of nitrogens with one attached hydrogen (secondary N) is 2. The van der Waals surface area contributed by atoms with Crippen LogP contribution in [0.5, 0.6) is 5.75 Å². The molecule has 4 rings (SSSR count). The van der Waals surface area contributed by atoms with Crippen molar-refractivity contribution in [3.63, 3.8) is 0 Å². The maximum atomic E-state index is 13.4. The van der Waals surface area contributed by atoms with Gasteiger partial charge in [0.2, 0.25) is 5.90 Å². The van der Waals surface area contributed by atoms with E-state index in [0.717, 1.165) is 21.2 Å². The number of hydrazine groups is 1. The van der Waals surface area contributed by atoms with Crippen LogP contribution < -0.4 is 15.6 Å². The van der Waals surface area contributed by atoms with Crippen molar-refractivity contribution in [1.29, 1.82) is 0 Å². The van der Waals surface area contributed by atoms with E-state index in [1.54, 1.807) is 12.1 Å². The minimum Gasteiger partial charge on any atom is -0.494 e. The van der Waals surface area contributed by atoms with Crippen molar-refractivity contribution in [3.05, 3.63) is 99.0 Å². The van der Waals surface area contributed by atoms with Gasteiger partial charge in [-0.25, -0.2) is 10.4 Å². The second-order valence-corrected chi connectivity index (χ2v) is 9.78. The summed E-state index contributed by atoms with van der Waals surface area (Å²) >= 11 is 9.41. The SMILES string of the molecule is O=C(NNCc1ccc(Cl)cc1)[C@]1(Cc2ccc(Br)cc2)COC(c2ccc(OCCCO)cc2)=N1. The highest BCUT2D eigenvalue weighted by atomic mass is 79.9. The van der Waals surface area contributed by atoms with E-state index in [4.69, 9.17) is 31.2 Å². The number of benzene rings is 3. The Hall–Kier alpha value is -2.91. The zero-order chi connectivity index (χ0) is 25.4. The third kappa shape index (κ3) is 6.85. The Bertz CT molecular complexity index is 1190. The number of aliphatic hydroxyl groups excluding tert-OH is 1. The average molecular weight is 573 g/mol. The summed E-state index contributed by atoms with van der Waals surface area (Å²) < 4.78 is 12.5. The van der Waals surface area contributed by atoms with Crippen LogP contribution in [0.1, 0.15) is 23.1 Å². The van der Waals surface area contributed by atoms with Crippen molar-refractivity contribution in [2.24, 2.45) is 4.99 Å². The molecule has 0 aromatic heterocycles. The molecule has 0 radical (unpaired) electrons. The van der Waals surface area contributed by atoms with E-state index >= 15 is 0 Å². The number of hydrogen-bond donors (Lipinski definition) is 3. The number of rotatable bonds is 11. The third-order valence-corrected chi connectivity index (χ3v) is 6.46. The number of carbonyl (C=O) groups is 1. The van der Waals surface area contributed by atoms with E-state index in [1.165, 1.54) is 0 Å². The van der Waals surface area contributed by atoms with E-state index in [9.17, 15) is 4.79 Å². The Morgan fingerprint density at radius 2 is 1.75 bits per heavy atom. The topological polar surface area (TPSA) is 92.2 Å². The zero-order valence-corrected chi connectivity index (χ0v) is 21.9. The molecule has 1 heterocycles. The van der Waals surface area contributed by atoms with Crippen molar-refractivity contribution >= 4 is 39.3 Å². The largest absolute Gasteiger partial charge is 0.494 e. The summed E-state index contributed by atoms with van der Waals surface area (Å²) in [6, 6.07) is 22.5. The second-order valence-electron chi connectivity index (χ2n) is 8.42. The lowest BCUT2D eigenvalue weighted by Gasteiger charge is -2.23. The van der Waals surface area contributed by atoms with Crippen molar-refractivity contribution in [2.75, 3.05) is 19.8 Å². The molecule has 0 saturated heterocycles. The summed E-state index contributed by atoms with van der Waals surface area (Å²) in [5, 5.41) is 9.57. The summed E-state index contributed by atoms with van der Waals surface area (Å²) in [5.74, 6) is 0.816. The fourth-order valence-corrected chi connectivity index (χ4v) is 4.11. The molecule has 0 saturated carbocycles. The molecule has 0 bridgehead atoms. The Balaban J connectivity index is 1.50. The van der Waals surface area contributed by atoms with Gasteiger partial charge in [0, 0.05) is 41.1 Å². The standard InChI is InChI=1S/C27H27BrClN3O4/c28-22-8-2-19(3-9-22)16-27(26(34)32-30-17-20-4-10-23(29)11-5-20)18-36-25(31-27)21-6-12-24(13-7-21)35-15-1-14-33/h2-13,30,33H,1,14-18H2,(H,32,34)/t27-/m0/s1. The van der Waals surface area contributed by atoms with Crippen LogP contribution in [-0.4, -0.2) is 42.3 Å². The molecule has 1 aliphatic heterocycles. The van der Waals surface area contributed by atoms with E-state index < -0.39 is 5.54 Å². The van der Waals surface area contributed by atoms with E-state index in [1.807, 2.05) is 60.7 Å². The van der Waals surface area contributed by atoms with Gasteiger partial charge in [-0.3, -0.25) is 10.2 Å². The molecular weight excluding hydrogens is 546 g/mol. The lowest BCUT2D eigenvalue weighted by atomic mass is 9.91. The van der Waals surface area contributed by atoms with Gasteiger partial charge in [-0.05, 0) is 59.7 Å². The maximum Gasteiger partial charge on any atom is 0.266 e. The molecule has 0 unspecified atom stereocenters. The van der Waals surface area contributed by atoms with Crippen LogP contribution in [0.3, 0.4) is 0 Å². The van der Waals surface area contributed by atoms with Crippen LogP contribution in [0.4, 0.5) is 0 Å². The molecule has 3 N–H and O–H groups in total. The Morgan fingerprint density at radius 1 is 1.06 bits per heavy atom. The first-order chi connectivity index (χ1) is 17.5. The molecule has 0 aliphatic carbocycles. The van der Waals surface area contributed by atoms with Crippen LogP contribution in [-0.2, 0) is 22.5 Å².